The van der Waals surface area contributed by atoms with Gasteiger partial charge in [0.05, 0.1) is 16.1 Å². The molecule has 0 saturated heterocycles. The number of nitrogens with one attached hydrogen (secondary N) is 1. The number of hydrogen-bond donors (Lipinski definition) is 2. The molecule has 0 aliphatic carbocycles. The number of esters is 1. The van der Waals surface area contributed by atoms with E-state index in [1.165, 1.54) is 11.8 Å². The number of benzene rings is 2. The lowest BCUT2D eigenvalue weighted by Crippen LogP contribution is -2.22. The fraction of sp³-hybridized carbons (Fsp3) is 0.125. The Morgan fingerprint density at radius 1 is 1.23 bits per heavy atom. The van der Waals surface area contributed by atoms with E-state index in [1.54, 1.807) is 18.2 Å². The van der Waals surface area contributed by atoms with Crippen LogP contribution in [0.1, 0.15) is 10.4 Å². The second kappa shape index (κ2) is 8.30. The van der Waals surface area contributed by atoms with Crippen molar-refractivity contribution in [3.63, 3.8) is 0 Å². The van der Waals surface area contributed by atoms with Gasteiger partial charge in [0.1, 0.15) is 5.82 Å². The SMILES string of the molecule is CSc1ccccc1NC(=O)COC(=O)c1cc(S(N)(=O)=O)ccc1F. The number of primary sulfonamides is 1. The molecular weight excluding hydrogens is 383 g/mol. The average molecular weight is 398 g/mol. The second-order valence-corrected chi connectivity index (χ2v) is 7.42. The Morgan fingerprint density at radius 2 is 1.92 bits per heavy atom. The van der Waals surface area contributed by atoms with Gasteiger partial charge >= 0.3 is 5.97 Å². The molecule has 0 aromatic heterocycles. The Labute approximate surface area is 153 Å². The van der Waals surface area contributed by atoms with Crippen molar-refractivity contribution in [2.24, 2.45) is 5.14 Å². The van der Waals surface area contributed by atoms with Crippen molar-refractivity contribution >= 4 is 39.3 Å². The van der Waals surface area contributed by atoms with Crippen LogP contribution in [0.4, 0.5) is 10.1 Å². The van der Waals surface area contributed by atoms with Gasteiger partial charge in [-0.3, -0.25) is 4.79 Å². The van der Waals surface area contributed by atoms with Crippen LogP contribution in [0.15, 0.2) is 52.3 Å². The molecule has 7 nitrogen and oxygen atoms in total. The van der Waals surface area contributed by atoms with Gasteiger partial charge in [-0.25, -0.2) is 22.7 Å². The zero-order valence-electron chi connectivity index (χ0n) is 13.6. The number of amides is 1. The topological polar surface area (TPSA) is 116 Å². The predicted octanol–water partition coefficient (Wildman–Crippen LogP) is 1.99. The van der Waals surface area contributed by atoms with Crippen molar-refractivity contribution in [2.75, 3.05) is 18.2 Å². The maximum absolute atomic E-state index is 13.7. The maximum atomic E-state index is 13.7. The lowest BCUT2D eigenvalue weighted by molar-refractivity contribution is -0.119. The molecule has 0 aliphatic heterocycles. The third-order valence-electron chi connectivity index (χ3n) is 3.20. The molecule has 3 N–H and O–H groups in total. The number of anilines is 1. The van der Waals surface area contributed by atoms with Crippen LogP contribution in [-0.2, 0) is 19.6 Å². The van der Waals surface area contributed by atoms with Crippen molar-refractivity contribution in [1.82, 2.24) is 0 Å². The molecule has 0 heterocycles. The lowest BCUT2D eigenvalue weighted by atomic mass is 10.2. The first-order chi connectivity index (χ1) is 12.2. The third kappa shape index (κ3) is 5.04. The summed E-state index contributed by atoms with van der Waals surface area (Å²) in [6, 6.07) is 9.49. The first kappa shape index (κ1) is 19.9. The molecule has 0 unspecified atom stereocenters. The minimum absolute atomic E-state index is 0.441. The number of rotatable bonds is 6. The molecule has 0 saturated carbocycles. The smallest absolute Gasteiger partial charge is 0.341 e. The van der Waals surface area contributed by atoms with Crippen LogP contribution in [-0.4, -0.2) is 33.2 Å². The number of halogens is 1. The van der Waals surface area contributed by atoms with Crippen LogP contribution < -0.4 is 10.5 Å². The molecule has 26 heavy (non-hydrogen) atoms. The monoisotopic (exact) mass is 398 g/mol. The van der Waals surface area contributed by atoms with Crippen molar-refractivity contribution in [3.05, 3.63) is 53.8 Å². The van der Waals surface area contributed by atoms with Crippen LogP contribution in [0.25, 0.3) is 0 Å². The summed E-state index contributed by atoms with van der Waals surface area (Å²) in [4.78, 5) is 24.2. The molecule has 0 aliphatic rings. The van der Waals surface area contributed by atoms with Gasteiger partial charge in [-0.15, -0.1) is 11.8 Å². The quantitative estimate of drug-likeness (QED) is 0.568. The van der Waals surface area contributed by atoms with E-state index in [0.717, 1.165) is 23.1 Å². The van der Waals surface area contributed by atoms with Crippen LogP contribution >= 0.6 is 11.8 Å². The molecule has 0 bridgehead atoms. The molecule has 1 amide bonds. The fourth-order valence-corrected chi connectivity index (χ4v) is 3.07. The van der Waals surface area contributed by atoms with Crippen molar-refractivity contribution < 1.29 is 27.1 Å². The molecule has 10 heteroatoms. The Morgan fingerprint density at radius 3 is 2.58 bits per heavy atom. The molecule has 2 aromatic carbocycles. The maximum Gasteiger partial charge on any atom is 0.341 e. The predicted molar refractivity (Wildman–Crippen MR) is 94.9 cm³/mol. The molecule has 138 valence electrons. The summed E-state index contributed by atoms with van der Waals surface area (Å²) in [6.45, 7) is -0.666. The number of carbonyl (C=O) groups is 2. The Balaban J connectivity index is 2.06. The third-order valence-corrected chi connectivity index (χ3v) is 4.91. The highest BCUT2D eigenvalue weighted by atomic mass is 32.2. The zero-order chi connectivity index (χ0) is 19.3. The van der Waals surface area contributed by atoms with E-state index < -0.39 is 44.8 Å². The number of carbonyl (C=O) groups excluding carboxylic acids is 2. The van der Waals surface area contributed by atoms with Crippen molar-refractivity contribution in [1.29, 1.82) is 0 Å². The van der Waals surface area contributed by atoms with Gasteiger partial charge < -0.3 is 10.1 Å². The van der Waals surface area contributed by atoms with Gasteiger partial charge in [-0.05, 0) is 36.6 Å². The van der Waals surface area contributed by atoms with E-state index in [2.05, 4.69) is 5.32 Å². The highest BCUT2D eigenvalue weighted by Crippen LogP contribution is 2.24. The molecule has 2 rings (SSSR count). The zero-order valence-corrected chi connectivity index (χ0v) is 15.2. The number of thioether (sulfide) groups is 1. The molecule has 2 aromatic rings. The highest BCUT2D eigenvalue weighted by molar-refractivity contribution is 7.98. The van der Waals surface area contributed by atoms with E-state index in [9.17, 15) is 22.4 Å². The number of sulfonamides is 1. The van der Waals surface area contributed by atoms with Crippen LogP contribution in [0.5, 0.6) is 0 Å². The molecule has 0 spiro atoms. The van der Waals surface area contributed by atoms with E-state index in [1.807, 2.05) is 12.3 Å². The first-order valence-corrected chi connectivity index (χ1v) is 9.92. The summed E-state index contributed by atoms with van der Waals surface area (Å²) < 4.78 is 41.1. The first-order valence-electron chi connectivity index (χ1n) is 7.14. The molecule has 0 atom stereocenters. The van der Waals surface area contributed by atoms with Gasteiger partial charge in [-0.2, -0.15) is 0 Å². The van der Waals surface area contributed by atoms with Crippen LogP contribution in [0, 0.1) is 5.82 Å². The summed E-state index contributed by atoms with van der Waals surface area (Å²) in [5.74, 6) is -2.79. The van der Waals surface area contributed by atoms with Gasteiger partial charge in [0.25, 0.3) is 5.91 Å². The van der Waals surface area contributed by atoms with E-state index in [4.69, 9.17) is 9.88 Å². The summed E-state index contributed by atoms with van der Waals surface area (Å²) in [6.07, 6.45) is 1.84. The lowest BCUT2D eigenvalue weighted by Gasteiger charge is -2.10. The Bertz CT molecular complexity index is 947. The van der Waals surface area contributed by atoms with Crippen LogP contribution in [0.2, 0.25) is 0 Å². The molecular formula is C16H15FN2O5S2. The second-order valence-electron chi connectivity index (χ2n) is 5.01. The van der Waals surface area contributed by atoms with Gasteiger partial charge in [0, 0.05) is 4.90 Å². The standard InChI is InChI=1S/C16H15FN2O5S2/c1-25-14-5-3-2-4-13(14)19-15(20)9-24-16(21)11-8-10(26(18,22)23)6-7-12(11)17/h2-8H,9H2,1H3,(H,19,20)(H2,18,22,23). The minimum atomic E-state index is -4.11. The molecule has 0 fully saturated rings. The Hall–Kier alpha value is -2.43. The number of hydrogen-bond acceptors (Lipinski definition) is 6. The number of para-hydroxylation sites is 1. The minimum Gasteiger partial charge on any atom is -0.452 e. The Kier molecular flexibility index (Phi) is 6.35. The van der Waals surface area contributed by atoms with E-state index in [-0.39, 0.29) is 0 Å². The normalized spacial score (nSPS) is 11.0. The van der Waals surface area contributed by atoms with Crippen molar-refractivity contribution in [2.45, 2.75) is 9.79 Å². The largest absolute Gasteiger partial charge is 0.452 e. The van der Waals surface area contributed by atoms with E-state index >= 15 is 0 Å². The summed E-state index contributed by atoms with van der Waals surface area (Å²) >= 11 is 1.42. The van der Waals surface area contributed by atoms with Gasteiger partial charge in [-0.1, -0.05) is 12.1 Å². The summed E-state index contributed by atoms with van der Waals surface area (Å²) in [5, 5.41) is 7.51. The van der Waals surface area contributed by atoms with E-state index in [0.29, 0.717) is 5.69 Å². The molecule has 0 radical (unpaired) electrons. The number of nitrogens with two attached hydrogens (primary N) is 1. The van der Waals surface area contributed by atoms with Crippen LogP contribution in [0.3, 0.4) is 0 Å². The highest BCUT2D eigenvalue weighted by Gasteiger charge is 2.19. The summed E-state index contributed by atoms with van der Waals surface area (Å²) in [7, 11) is -4.11. The number of ether oxygens (including phenoxy) is 1. The van der Waals surface area contributed by atoms with Gasteiger partial charge in [0.15, 0.2) is 6.61 Å². The van der Waals surface area contributed by atoms with Crippen molar-refractivity contribution in [3.8, 4) is 0 Å². The average Bonchev–Trinajstić information content (AvgIpc) is 2.59. The van der Waals surface area contributed by atoms with Gasteiger partial charge in [0.2, 0.25) is 10.0 Å². The summed E-state index contributed by atoms with van der Waals surface area (Å²) in [5.41, 5.74) is -0.0858. The fourth-order valence-electron chi connectivity index (χ4n) is 1.98.